The normalized spacial score (nSPS) is 10.5. The van der Waals surface area contributed by atoms with Crippen molar-refractivity contribution in [2.24, 2.45) is 0 Å². The summed E-state index contributed by atoms with van der Waals surface area (Å²) in [4.78, 5) is 23.1. The lowest BCUT2D eigenvalue weighted by Gasteiger charge is -2.16. The monoisotopic (exact) mass is 327 g/mol. The van der Waals surface area contributed by atoms with Crippen molar-refractivity contribution in [2.45, 2.75) is 26.7 Å². The Morgan fingerprint density at radius 3 is 2.54 bits per heavy atom. The maximum absolute atomic E-state index is 12.5. The number of hydrogen-bond donors (Lipinski definition) is 2. The zero-order valence-electron chi connectivity index (χ0n) is 14.0. The van der Waals surface area contributed by atoms with Crippen molar-refractivity contribution in [3.63, 3.8) is 0 Å². The Bertz CT molecular complexity index is 753. The van der Waals surface area contributed by atoms with Crippen LogP contribution in [-0.2, 0) is 4.79 Å². The maximum Gasteiger partial charge on any atom is 0.341 e. The number of para-hydroxylation sites is 1. The van der Waals surface area contributed by atoms with Gasteiger partial charge < -0.3 is 15.2 Å². The smallest absolute Gasteiger partial charge is 0.341 e. The van der Waals surface area contributed by atoms with Crippen molar-refractivity contribution < 1.29 is 19.4 Å². The number of hydrogen-bond acceptors (Lipinski definition) is 3. The maximum atomic E-state index is 12.5. The molecule has 5 heteroatoms. The average Bonchev–Trinajstić information content (AvgIpc) is 2.54. The first-order valence-corrected chi connectivity index (χ1v) is 7.74. The molecule has 0 saturated carbocycles. The van der Waals surface area contributed by atoms with E-state index in [1.165, 1.54) is 6.07 Å². The van der Waals surface area contributed by atoms with E-state index in [4.69, 9.17) is 9.84 Å². The second kappa shape index (κ2) is 7.64. The fourth-order valence-electron chi connectivity index (χ4n) is 2.40. The summed E-state index contributed by atoms with van der Waals surface area (Å²) in [5.74, 6) is -0.692. The molecule has 0 aromatic heterocycles. The summed E-state index contributed by atoms with van der Waals surface area (Å²) in [7, 11) is 0. The topological polar surface area (TPSA) is 75.6 Å². The molecule has 0 radical (unpaired) electrons. The molecule has 0 aliphatic rings. The van der Waals surface area contributed by atoms with E-state index in [-0.39, 0.29) is 11.8 Å². The lowest BCUT2D eigenvalue weighted by atomic mass is 9.98. The molecule has 0 bridgehead atoms. The standard InChI is InChI=1S/C19H21NO4/c1-12(2)16-9-4-6-13(3)18(16)20-19(23)14-7-5-8-15(10-14)24-11-17(21)22/h4-10,12H,11H2,1-3H3,(H,20,23)(H,21,22). The van der Waals surface area contributed by atoms with Crippen molar-refractivity contribution in [2.75, 3.05) is 11.9 Å². The second-order valence-corrected chi connectivity index (χ2v) is 5.86. The molecule has 24 heavy (non-hydrogen) atoms. The van der Waals surface area contributed by atoms with Crippen LogP contribution in [0.3, 0.4) is 0 Å². The van der Waals surface area contributed by atoms with E-state index in [2.05, 4.69) is 19.2 Å². The summed E-state index contributed by atoms with van der Waals surface area (Å²) in [6, 6.07) is 12.4. The molecule has 0 atom stereocenters. The fraction of sp³-hybridized carbons (Fsp3) is 0.263. The summed E-state index contributed by atoms with van der Waals surface area (Å²) in [6.45, 7) is 5.66. The predicted octanol–water partition coefficient (Wildman–Crippen LogP) is 3.83. The quantitative estimate of drug-likeness (QED) is 0.845. The molecule has 2 rings (SSSR count). The third kappa shape index (κ3) is 4.35. The van der Waals surface area contributed by atoms with Gasteiger partial charge in [0.2, 0.25) is 0 Å². The summed E-state index contributed by atoms with van der Waals surface area (Å²) in [5, 5.41) is 11.6. The number of ether oxygens (including phenoxy) is 1. The van der Waals surface area contributed by atoms with Crippen molar-refractivity contribution in [3.05, 3.63) is 59.2 Å². The zero-order valence-corrected chi connectivity index (χ0v) is 14.0. The first-order valence-electron chi connectivity index (χ1n) is 7.74. The Hall–Kier alpha value is -2.82. The minimum atomic E-state index is -1.06. The molecule has 0 spiro atoms. The highest BCUT2D eigenvalue weighted by Gasteiger charge is 2.14. The highest BCUT2D eigenvalue weighted by Crippen LogP contribution is 2.28. The number of anilines is 1. The highest BCUT2D eigenvalue weighted by molar-refractivity contribution is 6.05. The van der Waals surface area contributed by atoms with Gasteiger partial charge in [-0.05, 0) is 42.2 Å². The zero-order chi connectivity index (χ0) is 17.7. The van der Waals surface area contributed by atoms with E-state index in [1.807, 2.05) is 25.1 Å². The van der Waals surface area contributed by atoms with Gasteiger partial charge in [0.05, 0.1) is 0 Å². The number of aliphatic carboxylic acids is 1. The number of carbonyl (C=O) groups excluding carboxylic acids is 1. The molecule has 2 aromatic rings. The Labute approximate surface area is 141 Å². The molecule has 0 fully saturated rings. The van der Waals surface area contributed by atoms with Crippen LogP contribution in [0.25, 0.3) is 0 Å². The van der Waals surface area contributed by atoms with Crippen molar-refractivity contribution in [1.82, 2.24) is 0 Å². The minimum absolute atomic E-state index is 0.257. The average molecular weight is 327 g/mol. The minimum Gasteiger partial charge on any atom is -0.482 e. The van der Waals surface area contributed by atoms with Gasteiger partial charge in [-0.2, -0.15) is 0 Å². The Balaban J connectivity index is 2.22. The Morgan fingerprint density at radius 2 is 1.88 bits per heavy atom. The number of carboxylic acid groups (broad SMARTS) is 1. The molecular weight excluding hydrogens is 306 g/mol. The molecule has 2 aromatic carbocycles. The van der Waals surface area contributed by atoms with E-state index in [0.717, 1.165) is 16.8 Å². The van der Waals surface area contributed by atoms with Gasteiger partial charge in [0.25, 0.3) is 5.91 Å². The third-order valence-corrected chi connectivity index (χ3v) is 3.62. The summed E-state index contributed by atoms with van der Waals surface area (Å²) in [6.07, 6.45) is 0. The fourth-order valence-corrected chi connectivity index (χ4v) is 2.40. The van der Waals surface area contributed by atoms with Crippen LogP contribution in [0.5, 0.6) is 5.75 Å². The van der Waals surface area contributed by atoms with Gasteiger partial charge in [-0.1, -0.05) is 38.1 Å². The molecule has 0 heterocycles. The first-order chi connectivity index (χ1) is 11.4. The summed E-state index contributed by atoms with van der Waals surface area (Å²) < 4.78 is 5.11. The number of rotatable bonds is 6. The van der Waals surface area contributed by atoms with Gasteiger partial charge in [0, 0.05) is 11.3 Å². The van der Waals surface area contributed by atoms with Crippen LogP contribution in [0, 0.1) is 6.92 Å². The lowest BCUT2D eigenvalue weighted by Crippen LogP contribution is -2.15. The van der Waals surface area contributed by atoms with E-state index in [0.29, 0.717) is 11.3 Å². The highest BCUT2D eigenvalue weighted by atomic mass is 16.5. The molecule has 1 amide bonds. The molecule has 0 aliphatic carbocycles. The number of nitrogens with one attached hydrogen (secondary N) is 1. The number of amides is 1. The van der Waals surface area contributed by atoms with Crippen molar-refractivity contribution >= 4 is 17.6 Å². The van der Waals surface area contributed by atoms with E-state index in [9.17, 15) is 9.59 Å². The first kappa shape index (κ1) is 17.5. The molecular formula is C19H21NO4. The Morgan fingerprint density at radius 1 is 1.17 bits per heavy atom. The largest absolute Gasteiger partial charge is 0.482 e. The SMILES string of the molecule is Cc1cccc(C(C)C)c1NC(=O)c1cccc(OCC(=O)O)c1. The van der Waals surface area contributed by atoms with Crippen LogP contribution in [0.15, 0.2) is 42.5 Å². The van der Waals surface area contributed by atoms with Crippen LogP contribution in [0.1, 0.15) is 41.3 Å². The molecule has 126 valence electrons. The lowest BCUT2D eigenvalue weighted by molar-refractivity contribution is -0.139. The number of carboxylic acids is 1. The van der Waals surface area contributed by atoms with Crippen molar-refractivity contribution in [1.29, 1.82) is 0 Å². The summed E-state index contributed by atoms with van der Waals surface area (Å²) in [5.41, 5.74) is 3.29. The van der Waals surface area contributed by atoms with Crippen LogP contribution in [0.4, 0.5) is 5.69 Å². The molecule has 0 aliphatic heterocycles. The molecule has 0 saturated heterocycles. The van der Waals surface area contributed by atoms with E-state index < -0.39 is 12.6 Å². The van der Waals surface area contributed by atoms with Gasteiger partial charge >= 0.3 is 5.97 Å². The number of aryl methyl sites for hydroxylation is 1. The van der Waals surface area contributed by atoms with Gasteiger partial charge in [-0.15, -0.1) is 0 Å². The number of benzene rings is 2. The summed E-state index contributed by atoms with van der Waals surface area (Å²) >= 11 is 0. The van der Waals surface area contributed by atoms with Crippen LogP contribution < -0.4 is 10.1 Å². The van der Waals surface area contributed by atoms with E-state index in [1.54, 1.807) is 18.2 Å². The van der Waals surface area contributed by atoms with Gasteiger partial charge in [-0.25, -0.2) is 4.79 Å². The van der Waals surface area contributed by atoms with Crippen LogP contribution >= 0.6 is 0 Å². The third-order valence-electron chi connectivity index (χ3n) is 3.62. The van der Waals surface area contributed by atoms with Crippen LogP contribution in [-0.4, -0.2) is 23.6 Å². The van der Waals surface area contributed by atoms with Gasteiger partial charge in [-0.3, -0.25) is 4.79 Å². The van der Waals surface area contributed by atoms with Gasteiger partial charge in [0.1, 0.15) is 5.75 Å². The predicted molar refractivity (Wildman–Crippen MR) is 92.8 cm³/mol. The molecule has 0 unspecified atom stereocenters. The Kier molecular flexibility index (Phi) is 5.58. The van der Waals surface area contributed by atoms with E-state index >= 15 is 0 Å². The van der Waals surface area contributed by atoms with Gasteiger partial charge in [0.15, 0.2) is 6.61 Å². The second-order valence-electron chi connectivity index (χ2n) is 5.86. The number of carbonyl (C=O) groups is 2. The molecule has 2 N–H and O–H groups in total. The van der Waals surface area contributed by atoms with Crippen LogP contribution in [0.2, 0.25) is 0 Å². The molecule has 5 nitrogen and oxygen atoms in total. The van der Waals surface area contributed by atoms with Crippen molar-refractivity contribution in [3.8, 4) is 5.75 Å².